The lowest BCUT2D eigenvalue weighted by Gasteiger charge is -2.54. The van der Waals surface area contributed by atoms with Gasteiger partial charge in [0.05, 0.1) is 6.10 Å². The van der Waals surface area contributed by atoms with Gasteiger partial charge in [-0.2, -0.15) is 0 Å². The summed E-state index contributed by atoms with van der Waals surface area (Å²) < 4.78 is 5.81. The van der Waals surface area contributed by atoms with Gasteiger partial charge < -0.3 is 15.4 Å². The van der Waals surface area contributed by atoms with Crippen LogP contribution in [0.3, 0.4) is 0 Å². The van der Waals surface area contributed by atoms with Crippen LogP contribution >= 0.6 is 0 Å². The molecule has 0 spiro atoms. The molecule has 3 aliphatic heterocycles. The van der Waals surface area contributed by atoms with Gasteiger partial charge in [-0.25, -0.2) is 0 Å². The van der Waals surface area contributed by atoms with Gasteiger partial charge >= 0.3 is 0 Å². The molecule has 118 valence electrons. The highest BCUT2D eigenvalue weighted by Gasteiger charge is 2.59. The SMILES string of the molecule is CC1(C)C(NC(=O)CC2CC3CCC(C2)N3)C2CCOC21. The minimum absolute atomic E-state index is 0.101. The molecule has 4 rings (SSSR count). The summed E-state index contributed by atoms with van der Waals surface area (Å²) >= 11 is 0. The monoisotopic (exact) mass is 292 g/mol. The maximum atomic E-state index is 12.5. The summed E-state index contributed by atoms with van der Waals surface area (Å²) in [6.45, 7) is 5.33. The Morgan fingerprint density at radius 3 is 2.67 bits per heavy atom. The van der Waals surface area contributed by atoms with Crippen molar-refractivity contribution < 1.29 is 9.53 Å². The molecule has 3 saturated heterocycles. The van der Waals surface area contributed by atoms with E-state index in [0.29, 0.717) is 36.1 Å². The molecule has 4 fully saturated rings. The molecule has 2 bridgehead atoms. The van der Waals surface area contributed by atoms with E-state index in [1.165, 1.54) is 25.7 Å². The highest BCUT2D eigenvalue weighted by Crippen LogP contribution is 2.52. The lowest BCUT2D eigenvalue weighted by Crippen LogP contribution is -2.66. The third-order valence-electron chi connectivity index (χ3n) is 6.46. The number of rotatable bonds is 3. The van der Waals surface area contributed by atoms with Crippen LogP contribution in [-0.4, -0.2) is 36.7 Å². The van der Waals surface area contributed by atoms with Crippen molar-refractivity contribution in [2.24, 2.45) is 17.3 Å². The third-order valence-corrected chi connectivity index (χ3v) is 6.46. The summed E-state index contributed by atoms with van der Waals surface area (Å²) in [5.74, 6) is 1.40. The molecule has 1 saturated carbocycles. The van der Waals surface area contributed by atoms with Crippen LogP contribution in [0.25, 0.3) is 0 Å². The summed E-state index contributed by atoms with van der Waals surface area (Å²) in [6, 6.07) is 1.67. The van der Waals surface area contributed by atoms with E-state index in [4.69, 9.17) is 4.74 Å². The van der Waals surface area contributed by atoms with E-state index >= 15 is 0 Å². The summed E-state index contributed by atoms with van der Waals surface area (Å²) in [6.07, 6.45) is 7.17. The van der Waals surface area contributed by atoms with Crippen LogP contribution in [0.2, 0.25) is 0 Å². The number of ether oxygens (including phenoxy) is 1. The predicted octanol–water partition coefficient (Wildman–Crippen LogP) is 1.84. The van der Waals surface area contributed by atoms with Gasteiger partial charge in [0.1, 0.15) is 0 Å². The topological polar surface area (TPSA) is 50.4 Å². The van der Waals surface area contributed by atoms with Crippen LogP contribution in [0.15, 0.2) is 0 Å². The van der Waals surface area contributed by atoms with E-state index in [9.17, 15) is 4.79 Å². The fourth-order valence-corrected chi connectivity index (χ4v) is 5.45. The van der Waals surface area contributed by atoms with Crippen molar-refractivity contribution in [3.63, 3.8) is 0 Å². The highest BCUT2D eigenvalue weighted by atomic mass is 16.5. The van der Waals surface area contributed by atoms with Crippen LogP contribution in [0.1, 0.15) is 52.4 Å². The molecule has 1 aliphatic carbocycles. The van der Waals surface area contributed by atoms with Crippen LogP contribution in [0, 0.1) is 17.3 Å². The average molecular weight is 292 g/mol. The number of nitrogens with one attached hydrogen (secondary N) is 2. The molecule has 0 radical (unpaired) electrons. The van der Waals surface area contributed by atoms with E-state index in [-0.39, 0.29) is 11.3 Å². The Labute approximate surface area is 127 Å². The third kappa shape index (κ3) is 2.31. The molecule has 21 heavy (non-hydrogen) atoms. The summed E-state index contributed by atoms with van der Waals surface area (Å²) in [4.78, 5) is 12.5. The zero-order valence-corrected chi connectivity index (χ0v) is 13.2. The standard InChI is InChI=1S/C17H28N2O2/c1-17(2)15(13-5-6-21-16(13)17)19-14(20)9-10-7-11-3-4-12(8-10)18-11/h10-13,15-16,18H,3-9H2,1-2H3,(H,19,20). The largest absolute Gasteiger partial charge is 0.377 e. The van der Waals surface area contributed by atoms with E-state index in [1.807, 2.05) is 0 Å². The zero-order chi connectivity index (χ0) is 14.6. The van der Waals surface area contributed by atoms with Crippen molar-refractivity contribution in [1.29, 1.82) is 0 Å². The van der Waals surface area contributed by atoms with Gasteiger partial charge in [-0.15, -0.1) is 0 Å². The molecule has 5 atom stereocenters. The van der Waals surface area contributed by atoms with E-state index in [2.05, 4.69) is 24.5 Å². The van der Waals surface area contributed by atoms with Gasteiger partial charge in [-0.3, -0.25) is 4.79 Å². The fourth-order valence-electron chi connectivity index (χ4n) is 5.45. The van der Waals surface area contributed by atoms with Crippen LogP contribution in [0.5, 0.6) is 0 Å². The maximum absolute atomic E-state index is 12.5. The van der Waals surface area contributed by atoms with Crippen molar-refractivity contribution in [3.8, 4) is 0 Å². The van der Waals surface area contributed by atoms with Crippen molar-refractivity contribution in [2.75, 3.05) is 6.61 Å². The van der Waals surface area contributed by atoms with Crippen LogP contribution < -0.4 is 10.6 Å². The molecule has 0 aromatic heterocycles. The lowest BCUT2D eigenvalue weighted by atomic mass is 9.57. The summed E-state index contributed by atoms with van der Waals surface area (Å²) in [5, 5.41) is 6.99. The Morgan fingerprint density at radius 1 is 1.24 bits per heavy atom. The zero-order valence-electron chi connectivity index (χ0n) is 13.2. The molecule has 4 heteroatoms. The smallest absolute Gasteiger partial charge is 0.220 e. The first kappa shape index (κ1) is 14.0. The number of fused-ring (bicyclic) bond motifs is 3. The van der Waals surface area contributed by atoms with E-state index in [0.717, 1.165) is 19.4 Å². The number of hydrogen-bond acceptors (Lipinski definition) is 3. The number of hydrogen-bond donors (Lipinski definition) is 2. The fraction of sp³-hybridized carbons (Fsp3) is 0.941. The second-order valence-corrected chi connectivity index (χ2v) is 8.29. The molecular weight excluding hydrogens is 264 g/mol. The number of carbonyl (C=O) groups is 1. The van der Waals surface area contributed by atoms with Gasteiger partial charge in [0.25, 0.3) is 0 Å². The van der Waals surface area contributed by atoms with E-state index in [1.54, 1.807) is 0 Å². The normalized spacial score (nSPS) is 46.8. The Hall–Kier alpha value is -0.610. The quantitative estimate of drug-likeness (QED) is 0.834. The van der Waals surface area contributed by atoms with Crippen LogP contribution in [-0.2, 0) is 9.53 Å². The first-order valence-corrected chi connectivity index (χ1v) is 8.71. The molecule has 0 aromatic rings. The minimum atomic E-state index is 0.101. The molecule has 1 amide bonds. The van der Waals surface area contributed by atoms with Gasteiger partial charge in [-0.1, -0.05) is 13.8 Å². The summed E-state index contributed by atoms with van der Waals surface area (Å²) in [7, 11) is 0. The average Bonchev–Trinajstić information content (AvgIpc) is 3.02. The number of piperidine rings is 1. The first-order valence-electron chi connectivity index (χ1n) is 8.71. The number of amides is 1. The molecule has 2 N–H and O–H groups in total. The Morgan fingerprint density at radius 2 is 1.95 bits per heavy atom. The van der Waals surface area contributed by atoms with Crippen molar-refractivity contribution >= 4 is 5.91 Å². The Kier molecular flexibility index (Phi) is 3.30. The second kappa shape index (κ2) is 4.95. The molecule has 0 aromatic carbocycles. The van der Waals surface area contributed by atoms with Crippen molar-refractivity contribution in [3.05, 3.63) is 0 Å². The van der Waals surface area contributed by atoms with Gasteiger partial charge in [-0.05, 0) is 38.0 Å². The first-order chi connectivity index (χ1) is 10.0. The highest BCUT2D eigenvalue weighted by molar-refractivity contribution is 5.77. The van der Waals surface area contributed by atoms with Gasteiger partial charge in [0, 0.05) is 42.5 Å². The van der Waals surface area contributed by atoms with Crippen LogP contribution in [0.4, 0.5) is 0 Å². The maximum Gasteiger partial charge on any atom is 0.220 e. The van der Waals surface area contributed by atoms with Crippen molar-refractivity contribution in [1.82, 2.24) is 10.6 Å². The molecule has 5 unspecified atom stereocenters. The van der Waals surface area contributed by atoms with E-state index < -0.39 is 0 Å². The second-order valence-electron chi connectivity index (χ2n) is 8.29. The number of carbonyl (C=O) groups excluding carboxylic acids is 1. The Balaban J connectivity index is 1.32. The molecular formula is C17H28N2O2. The predicted molar refractivity (Wildman–Crippen MR) is 80.8 cm³/mol. The lowest BCUT2D eigenvalue weighted by molar-refractivity contribution is -0.138. The minimum Gasteiger partial charge on any atom is -0.377 e. The molecule has 4 aliphatic rings. The van der Waals surface area contributed by atoms with Gasteiger partial charge in [0.2, 0.25) is 5.91 Å². The summed E-state index contributed by atoms with van der Waals surface area (Å²) in [5.41, 5.74) is 0.101. The Bertz CT molecular complexity index is 425. The molecule has 4 nitrogen and oxygen atoms in total. The van der Waals surface area contributed by atoms with Crippen molar-refractivity contribution in [2.45, 2.75) is 76.6 Å². The van der Waals surface area contributed by atoms with Gasteiger partial charge in [0.15, 0.2) is 0 Å². The molecule has 3 heterocycles.